The first kappa shape index (κ1) is 18.8. The molecular weight excluding hydrogens is 385 g/mol. The van der Waals surface area contributed by atoms with Crippen LogP contribution < -0.4 is 10.2 Å². The largest absolute Gasteiger partial charge is 0.369 e. The predicted octanol–water partition coefficient (Wildman–Crippen LogP) is 0.983. The number of hydrogen-bond donors (Lipinski definition) is 1. The molecule has 0 spiro atoms. The summed E-state index contributed by atoms with van der Waals surface area (Å²) in [5.74, 6) is -0.322. The van der Waals surface area contributed by atoms with E-state index in [-0.39, 0.29) is 24.0 Å². The van der Waals surface area contributed by atoms with E-state index < -0.39 is 21.3 Å². The average molecular weight is 406 g/mol. The minimum absolute atomic E-state index is 0.0716. The van der Waals surface area contributed by atoms with E-state index in [0.29, 0.717) is 5.02 Å². The SMILES string of the molecule is O=C(CN1CCN(c2cccc(Cl)c2)CC1)N[C@H]1CS(=O)(=O)C[C@H]1Cl. The van der Waals surface area contributed by atoms with Gasteiger partial charge in [-0.2, -0.15) is 0 Å². The molecule has 1 aromatic rings. The van der Waals surface area contributed by atoms with Crippen molar-refractivity contribution in [1.29, 1.82) is 0 Å². The summed E-state index contributed by atoms with van der Waals surface area (Å²) in [6.07, 6.45) is 0. The van der Waals surface area contributed by atoms with Crippen LogP contribution in [0, 0.1) is 0 Å². The Bertz CT molecular complexity index is 736. The van der Waals surface area contributed by atoms with Crippen LogP contribution in [0.5, 0.6) is 0 Å². The fourth-order valence-electron chi connectivity index (χ4n) is 3.23. The van der Waals surface area contributed by atoms with Gasteiger partial charge < -0.3 is 10.2 Å². The number of amides is 1. The molecule has 0 radical (unpaired) electrons. The van der Waals surface area contributed by atoms with E-state index in [1.165, 1.54) is 0 Å². The van der Waals surface area contributed by atoms with Crippen molar-refractivity contribution in [3.8, 4) is 0 Å². The Labute approximate surface area is 158 Å². The van der Waals surface area contributed by atoms with Gasteiger partial charge in [0.25, 0.3) is 0 Å². The van der Waals surface area contributed by atoms with Crippen LogP contribution in [0.1, 0.15) is 0 Å². The summed E-state index contributed by atoms with van der Waals surface area (Å²) in [7, 11) is -3.14. The molecule has 1 amide bonds. The molecule has 2 aliphatic rings. The summed E-state index contributed by atoms with van der Waals surface area (Å²) in [6, 6.07) is 7.24. The van der Waals surface area contributed by atoms with Crippen LogP contribution in [0.4, 0.5) is 5.69 Å². The number of halogens is 2. The number of anilines is 1. The topological polar surface area (TPSA) is 69.7 Å². The molecule has 2 saturated heterocycles. The van der Waals surface area contributed by atoms with Crippen molar-refractivity contribution in [2.45, 2.75) is 11.4 Å². The molecule has 0 saturated carbocycles. The van der Waals surface area contributed by atoms with E-state index in [2.05, 4.69) is 15.1 Å². The molecule has 0 aliphatic carbocycles. The van der Waals surface area contributed by atoms with Crippen LogP contribution in [0.15, 0.2) is 24.3 Å². The number of sulfone groups is 1. The van der Waals surface area contributed by atoms with E-state index in [1.807, 2.05) is 24.3 Å². The molecule has 25 heavy (non-hydrogen) atoms. The second kappa shape index (κ2) is 7.70. The van der Waals surface area contributed by atoms with Gasteiger partial charge >= 0.3 is 0 Å². The van der Waals surface area contributed by atoms with Gasteiger partial charge in [-0.05, 0) is 18.2 Å². The first-order valence-electron chi connectivity index (χ1n) is 8.19. The van der Waals surface area contributed by atoms with Gasteiger partial charge in [-0.3, -0.25) is 9.69 Å². The number of carbonyl (C=O) groups excluding carboxylic acids is 1. The lowest BCUT2D eigenvalue weighted by atomic mass is 10.2. The van der Waals surface area contributed by atoms with E-state index in [4.69, 9.17) is 23.2 Å². The van der Waals surface area contributed by atoms with Crippen LogP contribution in [-0.4, -0.2) is 74.9 Å². The standard InChI is InChI=1S/C16H21Cl2N3O3S/c17-12-2-1-3-13(8-12)21-6-4-20(5-7-21)9-16(22)19-15-11-25(23,24)10-14(15)18/h1-3,8,14-15H,4-7,9-11H2,(H,19,22)/t14-,15+/m1/s1. The second-order valence-corrected chi connectivity index (χ2v) is 9.66. The fraction of sp³-hybridized carbons (Fsp3) is 0.562. The summed E-state index contributed by atoms with van der Waals surface area (Å²) in [5, 5.41) is 2.92. The molecule has 9 heteroatoms. The Morgan fingerprint density at radius 2 is 1.92 bits per heavy atom. The van der Waals surface area contributed by atoms with Crippen molar-refractivity contribution in [1.82, 2.24) is 10.2 Å². The first-order chi connectivity index (χ1) is 11.8. The number of piperazine rings is 1. The van der Waals surface area contributed by atoms with Crippen molar-refractivity contribution >= 4 is 44.6 Å². The zero-order chi connectivity index (χ0) is 18.0. The highest BCUT2D eigenvalue weighted by Crippen LogP contribution is 2.21. The number of alkyl halides is 1. The van der Waals surface area contributed by atoms with Gasteiger partial charge in [0, 0.05) is 36.9 Å². The Kier molecular flexibility index (Phi) is 5.78. The fourth-order valence-corrected chi connectivity index (χ4v) is 5.96. The van der Waals surface area contributed by atoms with Gasteiger partial charge in [0.15, 0.2) is 9.84 Å². The number of carbonyl (C=O) groups is 1. The highest BCUT2D eigenvalue weighted by molar-refractivity contribution is 7.91. The minimum atomic E-state index is -3.14. The summed E-state index contributed by atoms with van der Waals surface area (Å²) in [4.78, 5) is 16.5. The summed E-state index contributed by atoms with van der Waals surface area (Å²) in [6.45, 7) is 3.39. The van der Waals surface area contributed by atoms with Gasteiger partial charge in [0.1, 0.15) is 0 Å². The summed E-state index contributed by atoms with van der Waals surface area (Å²) in [5.41, 5.74) is 1.08. The van der Waals surface area contributed by atoms with Gasteiger partial charge in [-0.15, -0.1) is 11.6 Å². The Morgan fingerprint density at radius 1 is 1.20 bits per heavy atom. The molecule has 2 heterocycles. The van der Waals surface area contributed by atoms with Gasteiger partial charge in [-0.25, -0.2) is 8.42 Å². The highest BCUT2D eigenvalue weighted by atomic mass is 35.5. The molecule has 0 aromatic heterocycles. The van der Waals surface area contributed by atoms with E-state index in [1.54, 1.807) is 0 Å². The van der Waals surface area contributed by atoms with Crippen molar-refractivity contribution in [3.05, 3.63) is 29.3 Å². The molecule has 2 atom stereocenters. The van der Waals surface area contributed by atoms with E-state index >= 15 is 0 Å². The number of hydrogen-bond acceptors (Lipinski definition) is 5. The number of nitrogens with zero attached hydrogens (tertiary/aromatic N) is 2. The van der Waals surface area contributed by atoms with E-state index in [0.717, 1.165) is 31.9 Å². The molecule has 3 rings (SSSR count). The highest BCUT2D eigenvalue weighted by Gasteiger charge is 2.37. The molecule has 1 aromatic carbocycles. The predicted molar refractivity (Wildman–Crippen MR) is 100 cm³/mol. The quantitative estimate of drug-likeness (QED) is 0.756. The number of rotatable bonds is 4. The second-order valence-electron chi connectivity index (χ2n) is 6.51. The van der Waals surface area contributed by atoms with Gasteiger partial charge in [0.05, 0.1) is 29.5 Å². The maximum atomic E-state index is 12.2. The summed E-state index contributed by atoms with van der Waals surface area (Å²) < 4.78 is 23.1. The third-order valence-corrected chi connectivity index (χ3v) is 7.15. The molecule has 0 bridgehead atoms. The van der Waals surface area contributed by atoms with Crippen molar-refractivity contribution in [2.24, 2.45) is 0 Å². The normalized spacial score (nSPS) is 26.6. The average Bonchev–Trinajstić information content (AvgIpc) is 2.80. The third kappa shape index (κ3) is 5.00. The van der Waals surface area contributed by atoms with Crippen LogP contribution in [0.2, 0.25) is 5.02 Å². The number of benzene rings is 1. The maximum absolute atomic E-state index is 12.2. The Morgan fingerprint density at radius 3 is 2.52 bits per heavy atom. The third-order valence-electron chi connectivity index (χ3n) is 4.54. The van der Waals surface area contributed by atoms with Crippen molar-refractivity contribution < 1.29 is 13.2 Å². The molecule has 2 fully saturated rings. The molecule has 0 unspecified atom stereocenters. The van der Waals surface area contributed by atoms with Crippen LogP contribution in [0.3, 0.4) is 0 Å². The van der Waals surface area contributed by atoms with E-state index in [9.17, 15) is 13.2 Å². The van der Waals surface area contributed by atoms with Gasteiger partial charge in [-0.1, -0.05) is 17.7 Å². The Balaban J connectivity index is 1.47. The summed E-state index contributed by atoms with van der Waals surface area (Å²) >= 11 is 12.1. The van der Waals surface area contributed by atoms with Crippen molar-refractivity contribution in [3.63, 3.8) is 0 Å². The molecule has 6 nitrogen and oxygen atoms in total. The van der Waals surface area contributed by atoms with Crippen molar-refractivity contribution in [2.75, 3.05) is 49.1 Å². The molecule has 1 N–H and O–H groups in total. The molecule has 138 valence electrons. The van der Waals surface area contributed by atoms with Crippen LogP contribution >= 0.6 is 23.2 Å². The molecule has 2 aliphatic heterocycles. The molecular formula is C16H21Cl2N3O3S. The lowest BCUT2D eigenvalue weighted by molar-refractivity contribution is -0.122. The first-order valence-corrected chi connectivity index (χ1v) is 10.8. The monoisotopic (exact) mass is 405 g/mol. The van der Waals surface area contributed by atoms with Crippen LogP contribution in [0.25, 0.3) is 0 Å². The minimum Gasteiger partial charge on any atom is -0.369 e. The maximum Gasteiger partial charge on any atom is 0.234 e. The van der Waals surface area contributed by atoms with Crippen LogP contribution in [-0.2, 0) is 14.6 Å². The van der Waals surface area contributed by atoms with Gasteiger partial charge in [0.2, 0.25) is 5.91 Å². The number of nitrogens with one attached hydrogen (secondary N) is 1. The zero-order valence-corrected chi connectivity index (χ0v) is 16.0. The zero-order valence-electron chi connectivity index (χ0n) is 13.7. The Hall–Kier alpha value is -1.02. The lowest BCUT2D eigenvalue weighted by Crippen LogP contribution is -2.51. The lowest BCUT2D eigenvalue weighted by Gasteiger charge is -2.36. The smallest absolute Gasteiger partial charge is 0.234 e.